The molecule has 1 unspecified atom stereocenters. The van der Waals surface area contributed by atoms with E-state index in [0.717, 1.165) is 48.7 Å². The second-order valence-electron chi connectivity index (χ2n) is 9.53. The van der Waals surface area contributed by atoms with Crippen LogP contribution in [0.15, 0.2) is 30.3 Å². The third-order valence-electron chi connectivity index (χ3n) is 6.53. The molecule has 1 aromatic carbocycles. The zero-order chi connectivity index (χ0) is 22.7. The lowest BCUT2D eigenvalue weighted by atomic mass is 10.0. The number of anilines is 1. The lowest BCUT2D eigenvalue weighted by Crippen LogP contribution is -2.38. The number of amides is 2. The van der Waals surface area contributed by atoms with Gasteiger partial charge in [0.2, 0.25) is 11.8 Å². The topological polar surface area (TPSA) is 66.4 Å². The molecule has 6 nitrogen and oxygen atoms in total. The maximum Gasteiger partial charge on any atom is 0.228 e. The molecule has 0 aliphatic carbocycles. The summed E-state index contributed by atoms with van der Waals surface area (Å²) in [5.74, 6) is 2.44. The molecule has 0 spiro atoms. The van der Waals surface area contributed by atoms with E-state index in [4.69, 9.17) is 9.97 Å². The molecule has 6 heteroatoms. The fraction of sp³-hybridized carbons (Fsp3) is 0.538. The van der Waals surface area contributed by atoms with E-state index >= 15 is 0 Å². The third-order valence-corrected chi connectivity index (χ3v) is 6.53. The maximum atomic E-state index is 12.8. The summed E-state index contributed by atoms with van der Waals surface area (Å²) in [5, 5.41) is 0. The molecular formula is C26H34N4O2. The summed E-state index contributed by atoms with van der Waals surface area (Å²) in [7, 11) is 0. The lowest BCUT2D eigenvalue weighted by molar-refractivity contribution is -0.130. The average Bonchev–Trinajstić information content (AvgIpc) is 3.26. The minimum absolute atomic E-state index is 0.137. The minimum Gasteiger partial charge on any atom is -0.342 e. The molecule has 0 saturated carbocycles. The van der Waals surface area contributed by atoms with Crippen LogP contribution in [-0.2, 0) is 22.4 Å². The van der Waals surface area contributed by atoms with Crippen LogP contribution in [0.3, 0.4) is 0 Å². The van der Waals surface area contributed by atoms with Gasteiger partial charge in [0.15, 0.2) is 0 Å². The number of carbonyl (C=O) groups excluding carboxylic acids is 2. The molecule has 0 radical (unpaired) electrons. The second-order valence-corrected chi connectivity index (χ2v) is 9.53. The molecule has 4 rings (SSSR count). The number of aromatic nitrogens is 2. The Hall–Kier alpha value is -2.76. The van der Waals surface area contributed by atoms with Gasteiger partial charge in [0.25, 0.3) is 0 Å². The molecule has 2 amide bonds. The van der Waals surface area contributed by atoms with Crippen LogP contribution >= 0.6 is 0 Å². The number of hydrogen-bond acceptors (Lipinski definition) is 4. The van der Waals surface area contributed by atoms with Crippen LogP contribution in [0.25, 0.3) is 0 Å². The largest absolute Gasteiger partial charge is 0.342 e. The van der Waals surface area contributed by atoms with Crippen LogP contribution in [-0.4, -0.2) is 46.3 Å². The molecular weight excluding hydrogens is 400 g/mol. The first-order chi connectivity index (χ1) is 15.4. The smallest absolute Gasteiger partial charge is 0.228 e. The van der Waals surface area contributed by atoms with Crippen molar-refractivity contribution >= 4 is 17.6 Å². The van der Waals surface area contributed by atoms with E-state index in [0.29, 0.717) is 38.3 Å². The fourth-order valence-corrected chi connectivity index (χ4v) is 4.78. The van der Waals surface area contributed by atoms with Crippen molar-refractivity contribution in [3.05, 3.63) is 53.0 Å². The first-order valence-corrected chi connectivity index (χ1v) is 11.9. The minimum atomic E-state index is 0.137. The zero-order valence-corrected chi connectivity index (χ0v) is 19.5. The zero-order valence-electron chi connectivity index (χ0n) is 19.5. The standard InChI is InChI=1S/C26H34N4O2/c1-18(2)16-24(32)29-15-13-21(17-29)25-27-19(3)22-11-12-23(31)30(26(22)28-25)14-7-10-20-8-5-4-6-9-20/h4-6,8-9,18,21H,7,10-17H2,1-3H3. The van der Waals surface area contributed by atoms with Crippen molar-refractivity contribution in [1.29, 1.82) is 0 Å². The van der Waals surface area contributed by atoms with Gasteiger partial charge in [0.1, 0.15) is 11.6 Å². The molecule has 2 aliphatic heterocycles. The molecule has 1 saturated heterocycles. The van der Waals surface area contributed by atoms with Gasteiger partial charge < -0.3 is 4.90 Å². The summed E-state index contributed by atoms with van der Waals surface area (Å²) in [5.41, 5.74) is 3.35. The van der Waals surface area contributed by atoms with E-state index in [2.05, 4.69) is 38.1 Å². The monoisotopic (exact) mass is 434 g/mol. The summed E-state index contributed by atoms with van der Waals surface area (Å²) in [6, 6.07) is 10.4. The quantitative estimate of drug-likeness (QED) is 0.659. The Morgan fingerprint density at radius 3 is 2.69 bits per heavy atom. The van der Waals surface area contributed by atoms with Gasteiger partial charge in [0.05, 0.1) is 0 Å². The summed E-state index contributed by atoms with van der Waals surface area (Å²) >= 11 is 0. The highest BCUT2D eigenvalue weighted by molar-refractivity contribution is 5.95. The van der Waals surface area contributed by atoms with E-state index < -0.39 is 0 Å². The number of aryl methyl sites for hydroxylation is 2. The molecule has 32 heavy (non-hydrogen) atoms. The Morgan fingerprint density at radius 1 is 1.16 bits per heavy atom. The Labute approximate surface area is 191 Å². The molecule has 3 heterocycles. The van der Waals surface area contributed by atoms with Gasteiger partial charge >= 0.3 is 0 Å². The molecule has 1 atom stereocenters. The van der Waals surface area contributed by atoms with Crippen LogP contribution in [0.2, 0.25) is 0 Å². The van der Waals surface area contributed by atoms with Crippen molar-refractivity contribution in [2.75, 3.05) is 24.5 Å². The average molecular weight is 435 g/mol. The van der Waals surface area contributed by atoms with Crippen molar-refractivity contribution in [2.24, 2.45) is 5.92 Å². The highest BCUT2D eigenvalue weighted by atomic mass is 16.2. The molecule has 170 valence electrons. The molecule has 1 aromatic heterocycles. The maximum absolute atomic E-state index is 12.8. The summed E-state index contributed by atoms with van der Waals surface area (Å²) in [6.45, 7) is 8.27. The van der Waals surface area contributed by atoms with Crippen LogP contribution in [0, 0.1) is 12.8 Å². The van der Waals surface area contributed by atoms with Crippen molar-refractivity contribution < 1.29 is 9.59 Å². The third kappa shape index (κ3) is 5.00. The number of nitrogens with zero attached hydrogens (tertiary/aromatic N) is 4. The number of carbonyl (C=O) groups is 2. The lowest BCUT2D eigenvalue weighted by Gasteiger charge is -2.30. The number of benzene rings is 1. The highest BCUT2D eigenvalue weighted by Crippen LogP contribution is 2.32. The number of likely N-dealkylation sites (tertiary alicyclic amines) is 1. The van der Waals surface area contributed by atoms with Crippen LogP contribution in [0.5, 0.6) is 0 Å². The van der Waals surface area contributed by atoms with E-state index in [1.54, 1.807) is 0 Å². The first kappa shape index (κ1) is 22.4. The molecule has 0 N–H and O–H groups in total. The fourth-order valence-electron chi connectivity index (χ4n) is 4.78. The van der Waals surface area contributed by atoms with Crippen LogP contribution in [0.1, 0.15) is 68.1 Å². The Balaban J connectivity index is 1.49. The van der Waals surface area contributed by atoms with E-state index in [1.165, 1.54) is 5.56 Å². The van der Waals surface area contributed by atoms with Gasteiger partial charge in [-0.1, -0.05) is 44.2 Å². The Kier molecular flexibility index (Phi) is 6.87. The SMILES string of the molecule is Cc1nc(C2CCN(C(=O)CC(C)C)C2)nc2c1CCC(=O)N2CCCc1ccccc1. The summed E-state index contributed by atoms with van der Waals surface area (Å²) < 4.78 is 0. The van der Waals surface area contributed by atoms with Gasteiger partial charge in [-0.15, -0.1) is 0 Å². The van der Waals surface area contributed by atoms with Crippen molar-refractivity contribution in [3.63, 3.8) is 0 Å². The van der Waals surface area contributed by atoms with Gasteiger partial charge in [-0.05, 0) is 44.1 Å². The highest BCUT2D eigenvalue weighted by Gasteiger charge is 2.33. The van der Waals surface area contributed by atoms with Gasteiger partial charge in [-0.25, -0.2) is 9.97 Å². The predicted molar refractivity (Wildman–Crippen MR) is 126 cm³/mol. The van der Waals surface area contributed by atoms with Crippen molar-refractivity contribution in [3.8, 4) is 0 Å². The predicted octanol–water partition coefficient (Wildman–Crippen LogP) is 4.06. The summed E-state index contributed by atoms with van der Waals surface area (Å²) in [6.07, 6.45) is 4.52. The van der Waals surface area contributed by atoms with Crippen molar-refractivity contribution in [1.82, 2.24) is 14.9 Å². The first-order valence-electron chi connectivity index (χ1n) is 11.9. The molecule has 2 aromatic rings. The summed E-state index contributed by atoms with van der Waals surface area (Å²) in [4.78, 5) is 38.9. The van der Waals surface area contributed by atoms with E-state index in [-0.39, 0.29) is 17.7 Å². The van der Waals surface area contributed by atoms with E-state index in [1.807, 2.05) is 22.8 Å². The van der Waals surface area contributed by atoms with Gasteiger partial charge in [-0.2, -0.15) is 0 Å². The molecule has 0 bridgehead atoms. The number of rotatable bonds is 7. The molecule has 1 fully saturated rings. The second kappa shape index (κ2) is 9.80. The van der Waals surface area contributed by atoms with Crippen LogP contribution in [0.4, 0.5) is 5.82 Å². The van der Waals surface area contributed by atoms with Gasteiger partial charge in [0, 0.05) is 49.7 Å². The van der Waals surface area contributed by atoms with Crippen molar-refractivity contribution in [2.45, 2.75) is 65.2 Å². The normalized spacial score (nSPS) is 18.4. The Bertz CT molecular complexity index is 973. The number of hydrogen-bond donors (Lipinski definition) is 0. The molecule has 2 aliphatic rings. The van der Waals surface area contributed by atoms with E-state index in [9.17, 15) is 9.59 Å². The van der Waals surface area contributed by atoms with Crippen LogP contribution < -0.4 is 4.90 Å². The number of fused-ring (bicyclic) bond motifs is 1. The van der Waals surface area contributed by atoms with Gasteiger partial charge in [-0.3, -0.25) is 14.5 Å². The Morgan fingerprint density at radius 2 is 1.94 bits per heavy atom.